The first kappa shape index (κ1) is 10.7. The van der Waals surface area contributed by atoms with Crippen LogP contribution in [0, 0.1) is 11.3 Å². The molecule has 0 radical (unpaired) electrons. The van der Waals surface area contributed by atoms with Gasteiger partial charge in [-0.2, -0.15) is 0 Å². The number of nitrogens with zero attached hydrogens (tertiary/aromatic N) is 1. The average molecular weight is 183 g/mol. The molecule has 0 bridgehead atoms. The average Bonchev–Trinajstić information content (AvgIpc) is 2.68. The highest BCUT2D eigenvalue weighted by atomic mass is 16.1. The molecule has 0 aromatic rings. The molecule has 0 aromatic heterocycles. The third-order valence-electron chi connectivity index (χ3n) is 2.52. The van der Waals surface area contributed by atoms with E-state index >= 15 is 0 Å². The van der Waals surface area contributed by atoms with Crippen LogP contribution in [0.3, 0.4) is 0 Å². The van der Waals surface area contributed by atoms with Crippen LogP contribution in [-0.2, 0) is 4.79 Å². The topological polar surface area (TPSA) is 20.3 Å². The fourth-order valence-corrected chi connectivity index (χ4v) is 1.29. The van der Waals surface area contributed by atoms with Crippen molar-refractivity contribution in [3.63, 3.8) is 0 Å². The Balaban J connectivity index is 2.25. The highest BCUT2D eigenvalue weighted by molar-refractivity contribution is 5.85. The van der Waals surface area contributed by atoms with Crippen LogP contribution < -0.4 is 0 Å². The van der Waals surface area contributed by atoms with Crippen molar-refractivity contribution >= 4 is 5.78 Å². The van der Waals surface area contributed by atoms with Crippen LogP contribution in [0.15, 0.2) is 0 Å². The van der Waals surface area contributed by atoms with E-state index in [9.17, 15) is 4.79 Å². The molecule has 0 heterocycles. The molecule has 0 atom stereocenters. The normalized spacial score (nSPS) is 17.9. The summed E-state index contributed by atoms with van der Waals surface area (Å²) in [4.78, 5) is 13.8. The van der Waals surface area contributed by atoms with Gasteiger partial charge in [0.15, 0.2) is 5.78 Å². The number of carbonyl (C=O) groups is 1. The Labute approximate surface area is 81.3 Å². The zero-order valence-corrected chi connectivity index (χ0v) is 9.26. The maximum absolute atomic E-state index is 11.6. The molecule has 0 N–H and O–H groups in total. The van der Waals surface area contributed by atoms with E-state index in [-0.39, 0.29) is 5.41 Å². The van der Waals surface area contributed by atoms with Gasteiger partial charge >= 0.3 is 0 Å². The van der Waals surface area contributed by atoms with Crippen molar-refractivity contribution in [2.45, 2.75) is 33.6 Å². The number of carbonyl (C=O) groups excluding carboxylic acids is 1. The van der Waals surface area contributed by atoms with Gasteiger partial charge in [0.1, 0.15) is 0 Å². The predicted molar refractivity (Wildman–Crippen MR) is 54.7 cm³/mol. The van der Waals surface area contributed by atoms with Gasteiger partial charge in [0.05, 0.1) is 6.54 Å². The smallest absolute Gasteiger partial charge is 0.152 e. The van der Waals surface area contributed by atoms with Crippen molar-refractivity contribution in [3.8, 4) is 0 Å². The molecule has 1 saturated carbocycles. The Bertz CT molecular complexity index is 189. The lowest BCUT2D eigenvalue weighted by atomic mass is 9.90. The summed E-state index contributed by atoms with van der Waals surface area (Å²) in [6.07, 6.45) is 2.71. The largest absolute Gasteiger partial charge is 0.299 e. The van der Waals surface area contributed by atoms with Crippen molar-refractivity contribution in [2.75, 3.05) is 20.1 Å². The minimum Gasteiger partial charge on any atom is -0.299 e. The molecule has 0 spiro atoms. The van der Waals surface area contributed by atoms with Gasteiger partial charge in [-0.25, -0.2) is 0 Å². The maximum atomic E-state index is 11.6. The van der Waals surface area contributed by atoms with Gasteiger partial charge in [0.2, 0.25) is 0 Å². The fraction of sp³-hybridized carbons (Fsp3) is 0.909. The number of rotatable bonds is 4. The number of likely N-dealkylation sites (N-methyl/N-ethyl adjacent to an activating group) is 1. The second kappa shape index (κ2) is 3.79. The number of ketones is 1. The molecule has 2 heteroatoms. The second-order valence-corrected chi connectivity index (χ2v) is 5.31. The van der Waals surface area contributed by atoms with Gasteiger partial charge < -0.3 is 0 Å². The van der Waals surface area contributed by atoms with E-state index in [0.29, 0.717) is 12.3 Å². The highest BCUT2D eigenvalue weighted by Crippen LogP contribution is 2.29. The molecule has 1 fully saturated rings. The van der Waals surface area contributed by atoms with E-state index in [1.165, 1.54) is 12.8 Å². The molecule has 1 rings (SSSR count). The SMILES string of the molecule is CN(CC(=O)C(C)(C)C)CC1CC1. The molecule has 76 valence electrons. The lowest BCUT2D eigenvalue weighted by molar-refractivity contribution is -0.127. The minimum absolute atomic E-state index is 0.183. The Morgan fingerprint density at radius 1 is 1.38 bits per heavy atom. The summed E-state index contributed by atoms with van der Waals surface area (Å²) in [5.74, 6) is 1.22. The molecular formula is C11H21NO. The van der Waals surface area contributed by atoms with Crippen molar-refractivity contribution < 1.29 is 4.79 Å². The quantitative estimate of drug-likeness (QED) is 0.664. The van der Waals surface area contributed by atoms with Crippen LogP contribution in [0.5, 0.6) is 0 Å². The van der Waals surface area contributed by atoms with Gasteiger partial charge in [0.25, 0.3) is 0 Å². The minimum atomic E-state index is -0.183. The molecule has 2 nitrogen and oxygen atoms in total. The summed E-state index contributed by atoms with van der Waals surface area (Å²) in [6, 6.07) is 0. The number of hydrogen-bond donors (Lipinski definition) is 0. The summed E-state index contributed by atoms with van der Waals surface area (Å²) >= 11 is 0. The standard InChI is InChI=1S/C11H21NO/c1-11(2,3)10(13)8-12(4)7-9-5-6-9/h9H,5-8H2,1-4H3. The first-order valence-corrected chi connectivity index (χ1v) is 5.11. The summed E-state index contributed by atoms with van der Waals surface area (Å²) in [7, 11) is 2.04. The lowest BCUT2D eigenvalue weighted by Gasteiger charge is -2.22. The number of Topliss-reactive ketones (excluding diaryl/α,β-unsaturated/α-hetero) is 1. The molecular weight excluding hydrogens is 162 g/mol. The highest BCUT2D eigenvalue weighted by Gasteiger charge is 2.26. The van der Waals surface area contributed by atoms with Crippen LogP contribution in [0.25, 0.3) is 0 Å². The van der Waals surface area contributed by atoms with Crippen LogP contribution in [0.2, 0.25) is 0 Å². The van der Waals surface area contributed by atoms with E-state index in [1.807, 2.05) is 27.8 Å². The van der Waals surface area contributed by atoms with E-state index in [1.54, 1.807) is 0 Å². The molecule has 0 unspecified atom stereocenters. The zero-order chi connectivity index (χ0) is 10.1. The Hall–Kier alpha value is -0.370. The van der Waals surface area contributed by atoms with E-state index in [4.69, 9.17) is 0 Å². The van der Waals surface area contributed by atoms with E-state index in [0.717, 1.165) is 12.5 Å². The first-order valence-electron chi connectivity index (χ1n) is 5.11. The van der Waals surface area contributed by atoms with Crippen LogP contribution in [0.4, 0.5) is 0 Å². The Morgan fingerprint density at radius 2 is 1.92 bits per heavy atom. The van der Waals surface area contributed by atoms with Crippen molar-refractivity contribution in [2.24, 2.45) is 11.3 Å². The molecule has 1 aliphatic carbocycles. The molecule has 0 saturated heterocycles. The van der Waals surface area contributed by atoms with Crippen molar-refractivity contribution in [1.29, 1.82) is 0 Å². The van der Waals surface area contributed by atoms with Crippen molar-refractivity contribution in [1.82, 2.24) is 4.90 Å². The van der Waals surface area contributed by atoms with Gasteiger partial charge in [0, 0.05) is 12.0 Å². The van der Waals surface area contributed by atoms with Crippen LogP contribution in [0.1, 0.15) is 33.6 Å². The Kier molecular flexibility index (Phi) is 3.12. The van der Waals surface area contributed by atoms with Gasteiger partial charge in [-0.3, -0.25) is 9.69 Å². The first-order chi connectivity index (χ1) is 5.89. The predicted octanol–water partition coefficient (Wildman–Crippen LogP) is 1.94. The molecule has 13 heavy (non-hydrogen) atoms. The summed E-state index contributed by atoms with van der Waals surface area (Å²) in [6.45, 7) is 7.67. The molecule has 0 amide bonds. The lowest BCUT2D eigenvalue weighted by Crippen LogP contribution is -2.34. The zero-order valence-electron chi connectivity index (χ0n) is 9.26. The fourth-order valence-electron chi connectivity index (χ4n) is 1.29. The van der Waals surface area contributed by atoms with Gasteiger partial charge in [-0.05, 0) is 25.8 Å². The molecule has 0 aromatic carbocycles. The molecule has 0 aliphatic heterocycles. The summed E-state index contributed by atoms with van der Waals surface area (Å²) in [5.41, 5.74) is -0.183. The maximum Gasteiger partial charge on any atom is 0.152 e. The van der Waals surface area contributed by atoms with E-state index < -0.39 is 0 Å². The van der Waals surface area contributed by atoms with Gasteiger partial charge in [-0.1, -0.05) is 20.8 Å². The monoisotopic (exact) mass is 183 g/mol. The Morgan fingerprint density at radius 3 is 2.31 bits per heavy atom. The molecule has 1 aliphatic rings. The van der Waals surface area contributed by atoms with E-state index in [2.05, 4.69) is 4.90 Å². The number of hydrogen-bond acceptors (Lipinski definition) is 2. The summed E-state index contributed by atoms with van der Waals surface area (Å²) < 4.78 is 0. The second-order valence-electron chi connectivity index (χ2n) is 5.31. The van der Waals surface area contributed by atoms with Crippen LogP contribution >= 0.6 is 0 Å². The third-order valence-corrected chi connectivity index (χ3v) is 2.52. The third kappa shape index (κ3) is 3.90. The van der Waals surface area contributed by atoms with Crippen molar-refractivity contribution in [3.05, 3.63) is 0 Å². The van der Waals surface area contributed by atoms with Gasteiger partial charge in [-0.15, -0.1) is 0 Å². The van der Waals surface area contributed by atoms with Crippen LogP contribution in [-0.4, -0.2) is 30.8 Å². The summed E-state index contributed by atoms with van der Waals surface area (Å²) in [5, 5.41) is 0.